The topological polar surface area (TPSA) is 108 Å². The average molecular weight is 499 g/mol. The fraction of sp³-hybridized carbons (Fsp3) is 0.423. The highest BCUT2D eigenvalue weighted by atomic mass is 35.5. The number of nitrogens with one attached hydrogen (secondary N) is 1. The Kier molecular flexibility index (Phi) is 7.62. The van der Waals surface area contributed by atoms with E-state index in [1.165, 1.54) is 0 Å². The number of amides is 1. The van der Waals surface area contributed by atoms with Crippen molar-refractivity contribution in [1.29, 1.82) is 0 Å². The molecule has 3 atom stereocenters. The molecule has 5 rings (SSSR count). The van der Waals surface area contributed by atoms with Gasteiger partial charge >= 0.3 is 6.09 Å². The summed E-state index contributed by atoms with van der Waals surface area (Å²) in [5.41, 5.74) is 2.52. The number of phenols is 1. The molecule has 1 aromatic heterocycles. The molecule has 8 nitrogen and oxygen atoms in total. The lowest BCUT2D eigenvalue weighted by molar-refractivity contribution is 0.147. The minimum atomic E-state index is -0.987. The zero-order chi connectivity index (χ0) is 23.7. The summed E-state index contributed by atoms with van der Waals surface area (Å²) in [5, 5.41) is 23.7. The molecule has 3 N–H and O–H groups in total. The Balaban J connectivity index is 0.00000289. The van der Waals surface area contributed by atoms with Gasteiger partial charge in [0.1, 0.15) is 11.6 Å². The largest absolute Gasteiger partial charge is 0.507 e. The molecule has 2 aliphatic heterocycles. The van der Waals surface area contributed by atoms with Gasteiger partial charge in [0.2, 0.25) is 0 Å². The SMILES string of the molecule is Cc1ccc2c(N3CCC[C@@H]([C@@H](NC(=O)O)C4CCOC4)C3)nc(-c3ccccc3O)nc2c1.Cl. The third-order valence-corrected chi connectivity index (χ3v) is 7.01. The van der Waals surface area contributed by atoms with Crippen molar-refractivity contribution in [2.75, 3.05) is 31.2 Å². The Labute approximate surface area is 210 Å². The maximum atomic E-state index is 11.6. The molecule has 0 aliphatic carbocycles. The summed E-state index contributed by atoms with van der Waals surface area (Å²) in [6.45, 7) is 4.83. The van der Waals surface area contributed by atoms with Crippen molar-refractivity contribution in [3.8, 4) is 17.1 Å². The van der Waals surface area contributed by atoms with E-state index in [0.717, 1.165) is 48.1 Å². The van der Waals surface area contributed by atoms with Crippen LogP contribution in [0.25, 0.3) is 22.3 Å². The first kappa shape index (κ1) is 25.0. The van der Waals surface area contributed by atoms with Crippen LogP contribution in [0.1, 0.15) is 24.8 Å². The number of fused-ring (bicyclic) bond motifs is 1. The van der Waals surface area contributed by atoms with Gasteiger partial charge in [-0.2, -0.15) is 0 Å². The van der Waals surface area contributed by atoms with Gasteiger partial charge in [-0.05, 0) is 61.9 Å². The normalized spacial score (nSPS) is 20.9. The lowest BCUT2D eigenvalue weighted by Gasteiger charge is -2.39. The first-order valence-corrected chi connectivity index (χ1v) is 11.9. The molecule has 9 heteroatoms. The predicted octanol–water partition coefficient (Wildman–Crippen LogP) is 4.62. The molecule has 0 spiro atoms. The number of hydrogen-bond acceptors (Lipinski definition) is 6. The molecule has 2 fully saturated rings. The predicted molar refractivity (Wildman–Crippen MR) is 137 cm³/mol. The highest BCUT2D eigenvalue weighted by Crippen LogP contribution is 2.35. The molecule has 35 heavy (non-hydrogen) atoms. The van der Waals surface area contributed by atoms with E-state index in [1.807, 2.05) is 25.1 Å². The van der Waals surface area contributed by atoms with Crippen LogP contribution in [0.4, 0.5) is 10.6 Å². The molecule has 0 radical (unpaired) electrons. The summed E-state index contributed by atoms with van der Waals surface area (Å²) in [6, 6.07) is 13.1. The number of benzene rings is 2. The smallest absolute Gasteiger partial charge is 0.404 e. The molecular weight excluding hydrogens is 468 g/mol. The Hall–Kier alpha value is -3.10. The number of carbonyl (C=O) groups is 1. The molecule has 0 bridgehead atoms. The maximum absolute atomic E-state index is 11.6. The Morgan fingerprint density at radius 1 is 1.17 bits per heavy atom. The highest BCUT2D eigenvalue weighted by molar-refractivity contribution is 5.92. The minimum absolute atomic E-state index is 0. The summed E-state index contributed by atoms with van der Waals surface area (Å²) >= 11 is 0. The van der Waals surface area contributed by atoms with E-state index < -0.39 is 6.09 Å². The number of para-hydroxylation sites is 1. The van der Waals surface area contributed by atoms with Crippen LogP contribution in [0.3, 0.4) is 0 Å². The van der Waals surface area contributed by atoms with Gasteiger partial charge in [0.05, 0.1) is 17.7 Å². The standard InChI is InChI=1S/C26H30N4O4.ClH/c1-16-8-9-19-21(13-16)27-24(20-6-2-3-7-22(20)31)29-25(19)30-11-4-5-17(14-30)23(28-26(32)33)18-10-12-34-15-18;/h2-3,6-9,13,17-18,23,28,31H,4-5,10-12,14-15H2,1H3,(H,32,33);1H/t17-,18?,23-;/m1./s1. The van der Waals surface area contributed by atoms with Crippen molar-refractivity contribution in [3.05, 3.63) is 48.0 Å². The molecule has 3 heterocycles. The Bertz CT molecular complexity index is 1200. The summed E-state index contributed by atoms with van der Waals surface area (Å²) in [5.74, 6) is 1.79. The first-order valence-electron chi connectivity index (χ1n) is 11.9. The third-order valence-electron chi connectivity index (χ3n) is 7.01. The average Bonchev–Trinajstić information content (AvgIpc) is 3.36. The quantitative estimate of drug-likeness (QED) is 0.471. The number of ether oxygens (including phenoxy) is 1. The molecule has 1 unspecified atom stereocenters. The number of carboxylic acid groups (broad SMARTS) is 1. The molecule has 3 aromatic rings. The molecular formula is C26H31ClN4O4. The van der Waals surface area contributed by atoms with E-state index in [1.54, 1.807) is 12.1 Å². The molecule has 2 aromatic carbocycles. The first-order chi connectivity index (χ1) is 16.5. The van der Waals surface area contributed by atoms with Crippen LogP contribution in [-0.4, -0.2) is 58.6 Å². The molecule has 0 saturated carbocycles. The number of hydrogen-bond donors (Lipinski definition) is 3. The number of piperidine rings is 1. The van der Waals surface area contributed by atoms with Crippen molar-refractivity contribution >= 4 is 35.2 Å². The fourth-order valence-corrected chi connectivity index (χ4v) is 5.34. The number of rotatable bonds is 5. The van der Waals surface area contributed by atoms with Gasteiger partial charge in [-0.25, -0.2) is 14.8 Å². The van der Waals surface area contributed by atoms with Gasteiger partial charge in [-0.3, -0.25) is 0 Å². The number of phenolic OH excluding ortho intramolecular Hbond substituents is 1. The van der Waals surface area contributed by atoms with E-state index in [2.05, 4.69) is 22.3 Å². The van der Waals surface area contributed by atoms with Gasteiger partial charge in [0.15, 0.2) is 5.82 Å². The van der Waals surface area contributed by atoms with Crippen LogP contribution in [-0.2, 0) is 4.74 Å². The number of aryl methyl sites for hydroxylation is 1. The van der Waals surface area contributed by atoms with E-state index in [4.69, 9.17) is 14.7 Å². The maximum Gasteiger partial charge on any atom is 0.404 e. The second-order valence-corrected chi connectivity index (χ2v) is 9.36. The fourth-order valence-electron chi connectivity index (χ4n) is 5.34. The number of anilines is 1. The molecule has 1 amide bonds. The lowest BCUT2D eigenvalue weighted by atomic mass is 9.82. The third kappa shape index (κ3) is 5.28. The number of aromatic hydroxyl groups is 1. The van der Waals surface area contributed by atoms with E-state index in [9.17, 15) is 15.0 Å². The van der Waals surface area contributed by atoms with Crippen LogP contribution in [0.5, 0.6) is 5.75 Å². The Morgan fingerprint density at radius 3 is 2.74 bits per heavy atom. The van der Waals surface area contributed by atoms with Crippen molar-refractivity contribution < 1.29 is 19.7 Å². The monoisotopic (exact) mass is 498 g/mol. The molecule has 186 valence electrons. The second kappa shape index (κ2) is 10.7. The van der Waals surface area contributed by atoms with Crippen LogP contribution in [0.2, 0.25) is 0 Å². The van der Waals surface area contributed by atoms with Crippen LogP contribution in [0, 0.1) is 18.8 Å². The summed E-state index contributed by atoms with van der Waals surface area (Å²) in [7, 11) is 0. The van der Waals surface area contributed by atoms with Gasteiger partial charge in [-0.15, -0.1) is 12.4 Å². The van der Waals surface area contributed by atoms with Crippen molar-refractivity contribution in [3.63, 3.8) is 0 Å². The van der Waals surface area contributed by atoms with E-state index >= 15 is 0 Å². The minimum Gasteiger partial charge on any atom is -0.507 e. The Morgan fingerprint density at radius 2 is 2.00 bits per heavy atom. The van der Waals surface area contributed by atoms with Gasteiger partial charge in [0.25, 0.3) is 0 Å². The molecule has 2 saturated heterocycles. The zero-order valence-corrected chi connectivity index (χ0v) is 20.5. The van der Waals surface area contributed by atoms with Gasteiger partial charge in [-0.1, -0.05) is 18.2 Å². The summed E-state index contributed by atoms with van der Waals surface area (Å²) < 4.78 is 5.58. The zero-order valence-electron chi connectivity index (χ0n) is 19.7. The van der Waals surface area contributed by atoms with Crippen molar-refractivity contribution in [1.82, 2.24) is 15.3 Å². The number of halogens is 1. The van der Waals surface area contributed by atoms with Crippen LogP contribution >= 0.6 is 12.4 Å². The van der Waals surface area contributed by atoms with Gasteiger partial charge < -0.3 is 25.2 Å². The van der Waals surface area contributed by atoms with Crippen molar-refractivity contribution in [2.24, 2.45) is 11.8 Å². The van der Waals surface area contributed by atoms with Crippen molar-refractivity contribution in [2.45, 2.75) is 32.2 Å². The van der Waals surface area contributed by atoms with Gasteiger partial charge in [0, 0.05) is 37.0 Å². The summed E-state index contributed by atoms with van der Waals surface area (Å²) in [4.78, 5) is 23.5. The van der Waals surface area contributed by atoms with E-state index in [0.29, 0.717) is 31.1 Å². The lowest BCUT2D eigenvalue weighted by Crippen LogP contribution is -2.51. The molecule has 2 aliphatic rings. The van der Waals surface area contributed by atoms with E-state index in [-0.39, 0.29) is 36.0 Å². The summed E-state index contributed by atoms with van der Waals surface area (Å²) in [6.07, 6.45) is 1.78. The van der Waals surface area contributed by atoms with Crippen LogP contribution in [0.15, 0.2) is 42.5 Å². The highest BCUT2D eigenvalue weighted by Gasteiger charge is 2.36. The van der Waals surface area contributed by atoms with Crippen LogP contribution < -0.4 is 10.2 Å². The number of nitrogens with zero attached hydrogens (tertiary/aromatic N) is 3. The number of aromatic nitrogens is 2. The second-order valence-electron chi connectivity index (χ2n) is 9.36.